The van der Waals surface area contributed by atoms with Gasteiger partial charge in [-0.15, -0.1) is 5.10 Å². The monoisotopic (exact) mass is 568 g/mol. The average Bonchev–Trinajstić information content (AvgIpc) is 3.29. The number of alkyl halides is 3. The summed E-state index contributed by atoms with van der Waals surface area (Å²) >= 11 is 3.53. The zero-order valence-electron chi connectivity index (χ0n) is 19.5. The van der Waals surface area contributed by atoms with Crippen molar-refractivity contribution >= 4 is 33.8 Å². The van der Waals surface area contributed by atoms with Crippen molar-refractivity contribution in [1.82, 2.24) is 20.1 Å². The molecule has 0 spiro atoms. The van der Waals surface area contributed by atoms with E-state index < -0.39 is 12.1 Å². The smallest absolute Gasteiger partial charge is 0.475 e. The molecule has 1 unspecified atom stereocenters. The molecule has 2 heterocycles. The van der Waals surface area contributed by atoms with Gasteiger partial charge >= 0.3 is 12.1 Å². The number of halogens is 4. The van der Waals surface area contributed by atoms with Gasteiger partial charge in [-0.25, -0.2) is 9.89 Å². The van der Waals surface area contributed by atoms with E-state index in [9.17, 15) is 13.2 Å². The quantitative estimate of drug-likeness (QED) is 0.392. The second-order valence-corrected chi connectivity index (χ2v) is 9.27. The van der Waals surface area contributed by atoms with Crippen LogP contribution in [0.3, 0.4) is 0 Å². The number of H-pyrrole nitrogens is 1. The third kappa shape index (κ3) is 8.52. The van der Waals surface area contributed by atoms with Gasteiger partial charge < -0.3 is 15.7 Å². The van der Waals surface area contributed by atoms with E-state index in [1.54, 1.807) is 0 Å². The fourth-order valence-electron chi connectivity index (χ4n) is 3.99. The molecule has 0 aliphatic carbocycles. The van der Waals surface area contributed by atoms with Crippen LogP contribution >= 0.6 is 15.9 Å². The van der Waals surface area contributed by atoms with Crippen molar-refractivity contribution in [3.05, 3.63) is 70.2 Å². The van der Waals surface area contributed by atoms with Crippen LogP contribution in [0.25, 0.3) is 0 Å². The fraction of sp³-hybridized carbons (Fsp3) is 0.375. The Kier molecular flexibility index (Phi) is 9.71. The van der Waals surface area contributed by atoms with Gasteiger partial charge in [-0.1, -0.05) is 58.4 Å². The van der Waals surface area contributed by atoms with Crippen molar-refractivity contribution in [3.63, 3.8) is 0 Å². The van der Waals surface area contributed by atoms with Crippen LogP contribution in [-0.2, 0) is 17.6 Å². The van der Waals surface area contributed by atoms with E-state index in [0.29, 0.717) is 12.0 Å². The van der Waals surface area contributed by atoms with Crippen LogP contribution in [0.15, 0.2) is 59.1 Å². The fourth-order valence-corrected chi connectivity index (χ4v) is 4.25. The number of aliphatic carboxylic acids is 1. The molecular formula is C24H28BrF3N6O2. The summed E-state index contributed by atoms with van der Waals surface area (Å²) in [5.41, 5.74) is 8.45. The average molecular weight is 569 g/mol. The Morgan fingerprint density at radius 1 is 1.06 bits per heavy atom. The van der Waals surface area contributed by atoms with E-state index in [-0.39, 0.29) is 0 Å². The molecule has 3 aromatic rings. The third-order valence-electron chi connectivity index (χ3n) is 5.86. The highest BCUT2D eigenvalue weighted by molar-refractivity contribution is 9.10. The lowest BCUT2D eigenvalue weighted by molar-refractivity contribution is -0.192. The number of rotatable bonds is 7. The first-order valence-corrected chi connectivity index (χ1v) is 12.2. The molecule has 1 atom stereocenters. The van der Waals surface area contributed by atoms with E-state index in [2.05, 4.69) is 95.5 Å². The number of anilines is 2. The molecule has 36 heavy (non-hydrogen) atoms. The number of carbonyl (C=O) groups is 1. The summed E-state index contributed by atoms with van der Waals surface area (Å²) in [6.07, 6.45) is -1.78. The molecule has 8 nitrogen and oxygen atoms in total. The summed E-state index contributed by atoms with van der Waals surface area (Å²) in [4.78, 5) is 18.0. The first-order chi connectivity index (χ1) is 17.1. The molecule has 12 heteroatoms. The Balaban J connectivity index is 0.000000454. The van der Waals surface area contributed by atoms with Gasteiger partial charge in [0.15, 0.2) is 0 Å². The van der Waals surface area contributed by atoms with E-state index in [1.807, 2.05) is 0 Å². The zero-order chi connectivity index (χ0) is 26.1. The van der Waals surface area contributed by atoms with E-state index >= 15 is 0 Å². The maximum Gasteiger partial charge on any atom is 0.490 e. The minimum Gasteiger partial charge on any atom is -0.475 e. The number of benzene rings is 2. The first kappa shape index (κ1) is 27.5. The number of hydrogen-bond donors (Lipinski definition) is 3. The van der Waals surface area contributed by atoms with Gasteiger partial charge in [-0.3, -0.25) is 4.90 Å². The Morgan fingerprint density at radius 3 is 2.19 bits per heavy atom. The second-order valence-electron chi connectivity index (χ2n) is 8.35. The number of nitrogens with one attached hydrogen (secondary N) is 1. The number of aromatic amines is 1. The number of carboxylic acids is 1. The van der Waals surface area contributed by atoms with Crippen molar-refractivity contribution in [1.29, 1.82) is 0 Å². The summed E-state index contributed by atoms with van der Waals surface area (Å²) in [5, 5.41) is 14.0. The molecule has 4 N–H and O–H groups in total. The molecule has 4 rings (SSSR count). The largest absolute Gasteiger partial charge is 0.490 e. The topological polar surface area (TPSA) is 111 Å². The lowest BCUT2D eigenvalue weighted by Gasteiger charge is -2.39. The number of aromatic nitrogens is 3. The van der Waals surface area contributed by atoms with Crippen molar-refractivity contribution in [2.75, 3.05) is 36.8 Å². The van der Waals surface area contributed by atoms with Crippen molar-refractivity contribution in [3.8, 4) is 0 Å². The van der Waals surface area contributed by atoms with E-state index in [4.69, 9.17) is 15.6 Å². The summed E-state index contributed by atoms with van der Waals surface area (Å²) in [6, 6.07) is 20.0. The van der Waals surface area contributed by atoms with Crippen molar-refractivity contribution in [2.24, 2.45) is 0 Å². The van der Waals surface area contributed by atoms with Crippen LogP contribution in [0.5, 0.6) is 0 Å². The summed E-state index contributed by atoms with van der Waals surface area (Å²) in [5.74, 6) is -1.68. The molecule has 2 aromatic carbocycles. The summed E-state index contributed by atoms with van der Waals surface area (Å²) in [6.45, 7) is 3.88. The van der Waals surface area contributed by atoms with Gasteiger partial charge in [0.1, 0.15) is 0 Å². The predicted molar refractivity (Wildman–Crippen MR) is 135 cm³/mol. The molecular weight excluding hydrogens is 541 g/mol. The predicted octanol–water partition coefficient (Wildman–Crippen LogP) is 4.15. The Morgan fingerprint density at radius 2 is 1.67 bits per heavy atom. The molecule has 1 fully saturated rings. The van der Waals surface area contributed by atoms with E-state index in [0.717, 1.165) is 55.9 Å². The lowest BCUT2D eigenvalue weighted by atomic mass is 9.97. The van der Waals surface area contributed by atoms with Crippen LogP contribution in [0.4, 0.5) is 25.1 Å². The van der Waals surface area contributed by atoms with Crippen LogP contribution in [0, 0.1) is 0 Å². The Hall–Kier alpha value is -3.12. The summed E-state index contributed by atoms with van der Waals surface area (Å²) < 4.78 is 32.9. The Labute approximate surface area is 215 Å². The Bertz CT molecular complexity index is 1090. The SMILES string of the molecule is Nc1n[nH]c(N2CCN(C(CCc3ccc(Br)cc3)Cc3ccccc3)CC2)n1.O=C(O)C(F)(F)F. The minimum absolute atomic E-state index is 0.305. The van der Waals surface area contributed by atoms with Gasteiger partial charge in [0.05, 0.1) is 0 Å². The van der Waals surface area contributed by atoms with Gasteiger partial charge in [-0.2, -0.15) is 18.2 Å². The molecule has 1 saturated heterocycles. The van der Waals surface area contributed by atoms with Gasteiger partial charge in [0, 0.05) is 36.7 Å². The van der Waals surface area contributed by atoms with Gasteiger partial charge in [0.25, 0.3) is 0 Å². The number of nitrogens with two attached hydrogens (primary N) is 1. The number of piperazine rings is 1. The molecule has 0 bridgehead atoms. The highest BCUT2D eigenvalue weighted by Gasteiger charge is 2.38. The number of nitrogens with zero attached hydrogens (tertiary/aromatic N) is 4. The van der Waals surface area contributed by atoms with Crippen LogP contribution in [0.1, 0.15) is 17.5 Å². The highest BCUT2D eigenvalue weighted by atomic mass is 79.9. The molecule has 0 saturated carbocycles. The third-order valence-corrected chi connectivity index (χ3v) is 6.39. The zero-order valence-corrected chi connectivity index (χ0v) is 21.0. The molecule has 1 aliphatic rings. The van der Waals surface area contributed by atoms with Crippen LogP contribution in [-0.4, -0.2) is 69.6 Å². The van der Waals surface area contributed by atoms with Gasteiger partial charge in [0.2, 0.25) is 11.9 Å². The number of aryl methyl sites for hydroxylation is 1. The standard InChI is InChI=1S/C22H27BrN6.C2HF3O2/c23-19-9-6-17(7-10-19)8-11-20(16-18-4-2-1-3-5-18)28-12-14-29(15-13-28)22-25-21(24)26-27-22;3-2(4,5)1(6)7/h1-7,9-10,20H,8,11-16H2,(H3,24,25,26,27);(H,6,7). The normalized spacial score (nSPS) is 15.2. The van der Waals surface area contributed by atoms with Crippen molar-refractivity contribution in [2.45, 2.75) is 31.5 Å². The molecule has 194 valence electrons. The molecule has 0 amide bonds. The molecule has 1 aliphatic heterocycles. The van der Waals surface area contributed by atoms with Crippen LogP contribution < -0.4 is 10.6 Å². The van der Waals surface area contributed by atoms with Crippen molar-refractivity contribution < 1.29 is 23.1 Å². The lowest BCUT2D eigenvalue weighted by Crippen LogP contribution is -2.51. The number of nitrogen functional groups attached to an aromatic ring is 1. The highest BCUT2D eigenvalue weighted by Crippen LogP contribution is 2.20. The van der Waals surface area contributed by atoms with Crippen LogP contribution in [0.2, 0.25) is 0 Å². The maximum atomic E-state index is 10.6. The maximum absolute atomic E-state index is 10.6. The van der Waals surface area contributed by atoms with Gasteiger partial charge in [-0.05, 0) is 42.5 Å². The summed E-state index contributed by atoms with van der Waals surface area (Å²) in [7, 11) is 0. The first-order valence-electron chi connectivity index (χ1n) is 11.4. The molecule has 1 aromatic heterocycles. The number of hydrogen-bond acceptors (Lipinski definition) is 6. The number of carboxylic acid groups (broad SMARTS) is 1. The second kappa shape index (κ2) is 12.7. The minimum atomic E-state index is -5.08. The molecule has 0 radical (unpaired) electrons. The van der Waals surface area contributed by atoms with E-state index in [1.165, 1.54) is 11.1 Å².